The summed E-state index contributed by atoms with van der Waals surface area (Å²) in [7, 11) is -4.34. The maximum atomic E-state index is 14.1. The fourth-order valence-electron chi connectivity index (χ4n) is 4.34. The Morgan fingerprint density at radius 2 is 1.54 bits per heavy atom. The molecule has 1 aliphatic rings. The van der Waals surface area contributed by atoms with E-state index in [2.05, 4.69) is 11.9 Å². The van der Waals surface area contributed by atoms with E-state index in [1.165, 1.54) is 12.1 Å². The first kappa shape index (κ1) is 26.6. The minimum absolute atomic E-state index is 0.0463. The molecule has 0 aromatic heterocycles. The molecule has 0 spiro atoms. The zero-order chi connectivity index (χ0) is 27.6. The third kappa shape index (κ3) is 5.29. The number of hydrogen-bond acceptors (Lipinski definition) is 4. The zero-order valence-corrected chi connectivity index (χ0v) is 22.8. The normalized spacial score (nSPS) is 13.9. The number of sulfonamides is 1. The lowest BCUT2D eigenvalue weighted by molar-refractivity contribution is -0.112. The van der Waals surface area contributed by atoms with E-state index in [0.29, 0.717) is 38.4 Å². The van der Waals surface area contributed by atoms with Crippen molar-refractivity contribution < 1.29 is 17.9 Å². The van der Waals surface area contributed by atoms with E-state index in [1.807, 2.05) is 24.3 Å². The van der Waals surface area contributed by atoms with Crippen LogP contribution in [0.25, 0.3) is 5.57 Å². The van der Waals surface area contributed by atoms with Crippen molar-refractivity contribution in [2.24, 2.45) is 0 Å². The predicted molar refractivity (Wildman–Crippen MR) is 157 cm³/mol. The van der Waals surface area contributed by atoms with Gasteiger partial charge < -0.3 is 10.1 Å². The second kappa shape index (κ2) is 11.0. The first-order chi connectivity index (χ1) is 18.8. The fraction of sp³-hybridized carbons (Fsp3) is 0.0333. The number of carbonyl (C=O) groups excluding carboxylic acids is 1. The van der Waals surface area contributed by atoms with Crippen molar-refractivity contribution in [2.75, 3.05) is 16.2 Å². The third-order valence-corrected chi connectivity index (χ3v) is 8.30. The monoisotopic (exact) mass is 576 g/mol. The highest BCUT2D eigenvalue weighted by Gasteiger charge is 2.41. The maximum Gasteiger partial charge on any atom is 0.270 e. The smallest absolute Gasteiger partial charge is 0.270 e. The van der Waals surface area contributed by atoms with Gasteiger partial charge in [0.25, 0.3) is 15.9 Å². The van der Waals surface area contributed by atoms with E-state index < -0.39 is 20.8 Å². The number of rotatable bonds is 7. The van der Waals surface area contributed by atoms with Gasteiger partial charge in [0.05, 0.1) is 17.9 Å². The topological polar surface area (TPSA) is 75.7 Å². The maximum absolute atomic E-state index is 14.1. The molecule has 1 heterocycles. The van der Waals surface area contributed by atoms with Crippen LogP contribution in [0.5, 0.6) is 11.5 Å². The third-order valence-electron chi connectivity index (χ3n) is 6.00. The first-order valence-electron chi connectivity index (χ1n) is 11.9. The van der Waals surface area contributed by atoms with Gasteiger partial charge in [-0.1, -0.05) is 77.8 Å². The van der Waals surface area contributed by atoms with Gasteiger partial charge in [-0.2, -0.15) is 0 Å². The first-order valence-corrected chi connectivity index (χ1v) is 14.1. The highest BCUT2D eigenvalue weighted by Crippen LogP contribution is 2.44. The largest absolute Gasteiger partial charge is 0.455 e. The predicted octanol–water partition coefficient (Wildman–Crippen LogP) is 7.52. The Balaban J connectivity index is 1.69. The van der Waals surface area contributed by atoms with Crippen LogP contribution in [0.15, 0.2) is 115 Å². The van der Waals surface area contributed by atoms with Crippen LogP contribution in [0, 0.1) is 0 Å². The van der Waals surface area contributed by atoms with Crippen molar-refractivity contribution in [1.29, 1.82) is 0 Å². The molecule has 1 aliphatic heterocycles. The summed E-state index contributed by atoms with van der Waals surface area (Å²) in [4.78, 5) is 13.6. The number of halogens is 2. The zero-order valence-electron chi connectivity index (χ0n) is 20.5. The summed E-state index contributed by atoms with van der Waals surface area (Å²) in [6.45, 7) is 3.66. The van der Waals surface area contributed by atoms with E-state index in [4.69, 9.17) is 27.9 Å². The summed E-state index contributed by atoms with van der Waals surface area (Å²) in [6, 6.07) is 27.4. The number of hydrogen-bond donors (Lipinski definition) is 1. The van der Waals surface area contributed by atoms with E-state index in [0.717, 1.165) is 4.31 Å². The molecule has 9 heteroatoms. The van der Waals surface area contributed by atoms with Gasteiger partial charge in [-0.05, 0) is 54.1 Å². The van der Waals surface area contributed by atoms with Crippen molar-refractivity contribution >= 4 is 56.1 Å². The molecule has 1 amide bonds. The lowest BCUT2D eigenvalue weighted by atomic mass is 9.95. The number of ether oxygens (including phenoxy) is 1. The molecule has 39 heavy (non-hydrogen) atoms. The number of para-hydroxylation sites is 1. The number of benzene rings is 4. The molecule has 5 rings (SSSR count). The van der Waals surface area contributed by atoms with E-state index >= 15 is 0 Å². The molecule has 1 N–H and O–H groups in total. The number of nitrogens with one attached hydrogen (secondary N) is 1. The molecular formula is C30H22Cl2N2O4S. The summed E-state index contributed by atoms with van der Waals surface area (Å²) >= 11 is 12.6. The van der Waals surface area contributed by atoms with Gasteiger partial charge in [-0.25, -0.2) is 8.42 Å². The molecular weight excluding hydrogens is 555 g/mol. The molecule has 0 fully saturated rings. The standard InChI is InChI=1S/C30H22Cl2N2O4S/c1-2-17-34-26-15-13-21(31)18-24(26)28(20-9-5-3-6-10-20)29(39(34,36)37)30(35)33-25-19-22(32)14-16-27(25)38-23-11-7-4-8-12-23/h2-16,18-19H,1,17H2,(H,33,35). The minimum Gasteiger partial charge on any atom is -0.455 e. The molecule has 0 saturated carbocycles. The van der Waals surface area contributed by atoms with Crippen LogP contribution in [0.4, 0.5) is 11.4 Å². The SMILES string of the molecule is C=CCN1c2ccc(Cl)cc2C(c2ccccc2)=C(C(=O)Nc2cc(Cl)ccc2Oc2ccccc2)S1(=O)=O. The summed E-state index contributed by atoms with van der Waals surface area (Å²) in [6.07, 6.45) is 1.46. The fourth-order valence-corrected chi connectivity index (χ4v) is 6.39. The molecule has 6 nitrogen and oxygen atoms in total. The number of carbonyl (C=O) groups is 1. The molecule has 0 atom stereocenters. The Kier molecular flexibility index (Phi) is 7.48. The van der Waals surface area contributed by atoms with Gasteiger partial charge in [0, 0.05) is 21.2 Å². The average molecular weight is 577 g/mol. The van der Waals surface area contributed by atoms with Crippen LogP contribution in [-0.4, -0.2) is 20.9 Å². The van der Waals surface area contributed by atoms with Crippen molar-refractivity contribution in [3.63, 3.8) is 0 Å². The molecule has 4 aromatic rings. The highest BCUT2D eigenvalue weighted by atomic mass is 35.5. The van der Waals surface area contributed by atoms with Crippen LogP contribution in [0.2, 0.25) is 10.0 Å². The Labute approximate surface area is 236 Å². The summed E-state index contributed by atoms with van der Waals surface area (Å²) in [5.41, 5.74) is 1.88. The van der Waals surface area contributed by atoms with Gasteiger partial charge in [-0.3, -0.25) is 9.10 Å². The number of fused-ring (bicyclic) bond motifs is 1. The Hall–Kier alpha value is -4.04. The number of amides is 1. The molecule has 0 saturated heterocycles. The van der Waals surface area contributed by atoms with E-state index in [1.54, 1.807) is 66.7 Å². The lowest BCUT2D eigenvalue weighted by Crippen LogP contribution is -2.39. The van der Waals surface area contributed by atoms with Crippen molar-refractivity contribution in [3.05, 3.63) is 136 Å². The molecule has 0 radical (unpaired) electrons. The van der Waals surface area contributed by atoms with Gasteiger partial charge in [0.15, 0.2) is 10.7 Å². The van der Waals surface area contributed by atoms with Crippen molar-refractivity contribution in [2.45, 2.75) is 0 Å². The number of anilines is 2. The van der Waals surface area contributed by atoms with Crippen molar-refractivity contribution in [3.8, 4) is 11.5 Å². The van der Waals surface area contributed by atoms with Gasteiger partial charge in [0.1, 0.15) is 5.75 Å². The quantitative estimate of drug-likeness (QED) is 0.231. The second-order valence-corrected chi connectivity index (χ2v) is 11.2. The van der Waals surface area contributed by atoms with E-state index in [9.17, 15) is 13.2 Å². The Bertz CT molecular complexity index is 1710. The Morgan fingerprint density at radius 3 is 2.23 bits per heavy atom. The summed E-state index contributed by atoms with van der Waals surface area (Å²) < 4.78 is 35.3. The summed E-state index contributed by atoms with van der Waals surface area (Å²) in [5, 5.41) is 3.46. The van der Waals surface area contributed by atoms with Gasteiger partial charge in [-0.15, -0.1) is 6.58 Å². The molecule has 196 valence electrons. The lowest BCUT2D eigenvalue weighted by Gasteiger charge is -2.33. The van der Waals surface area contributed by atoms with Crippen LogP contribution in [-0.2, 0) is 14.8 Å². The minimum atomic E-state index is -4.34. The Morgan fingerprint density at radius 1 is 0.897 bits per heavy atom. The molecule has 0 unspecified atom stereocenters. The van der Waals surface area contributed by atoms with Crippen LogP contribution in [0.3, 0.4) is 0 Å². The highest BCUT2D eigenvalue weighted by molar-refractivity contribution is 7.97. The average Bonchev–Trinajstić information content (AvgIpc) is 2.92. The second-order valence-electron chi connectivity index (χ2n) is 8.57. The summed E-state index contributed by atoms with van der Waals surface area (Å²) in [5.74, 6) is -0.0281. The van der Waals surface area contributed by atoms with Crippen LogP contribution >= 0.6 is 23.2 Å². The van der Waals surface area contributed by atoms with Gasteiger partial charge in [0.2, 0.25) is 0 Å². The van der Waals surface area contributed by atoms with Crippen LogP contribution in [0.1, 0.15) is 11.1 Å². The molecule has 4 aromatic carbocycles. The van der Waals surface area contributed by atoms with Gasteiger partial charge >= 0.3 is 0 Å². The van der Waals surface area contributed by atoms with Crippen molar-refractivity contribution in [1.82, 2.24) is 0 Å². The molecule has 0 aliphatic carbocycles. The van der Waals surface area contributed by atoms with E-state index in [-0.39, 0.29) is 17.8 Å². The van der Waals surface area contributed by atoms with Crippen LogP contribution < -0.4 is 14.4 Å². The molecule has 0 bridgehead atoms. The number of nitrogens with zero attached hydrogens (tertiary/aromatic N) is 1.